The van der Waals surface area contributed by atoms with E-state index < -0.39 is 10.0 Å². The normalized spacial score (nSPS) is 19.5. The Labute approximate surface area is 145 Å². The zero-order chi connectivity index (χ0) is 15.0. The maximum Gasteiger partial charge on any atom is 0.208 e. The van der Waals surface area contributed by atoms with E-state index in [0.717, 1.165) is 44.9 Å². The molecule has 0 aliphatic carbocycles. The predicted molar refractivity (Wildman–Crippen MR) is 95.8 cm³/mol. The molecule has 0 radical (unpaired) electrons. The fraction of sp³-hybridized carbons (Fsp3) is 0.917. The van der Waals surface area contributed by atoms with Crippen LogP contribution in [0.25, 0.3) is 0 Å². The summed E-state index contributed by atoms with van der Waals surface area (Å²) in [6.45, 7) is 6.23. The third-order valence-corrected chi connectivity index (χ3v) is 3.79. The number of guanidine groups is 1. The highest BCUT2D eigenvalue weighted by atomic mass is 127. The Hall–Kier alpha value is -0.130. The van der Waals surface area contributed by atoms with Gasteiger partial charge in [0.15, 0.2) is 5.96 Å². The van der Waals surface area contributed by atoms with E-state index in [1.165, 1.54) is 0 Å². The topological polar surface area (TPSA) is 83.0 Å². The van der Waals surface area contributed by atoms with Crippen LogP contribution in [0.15, 0.2) is 4.99 Å². The van der Waals surface area contributed by atoms with Crippen LogP contribution in [0.1, 0.15) is 13.3 Å². The van der Waals surface area contributed by atoms with Gasteiger partial charge in [0.2, 0.25) is 10.0 Å². The molecule has 0 aromatic heterocycles. The zero-order valence-corrected chi connectivity index (χ0v) is 16.1. The van der Waals surface area contributed by atoms with Crippen LogP contribution in [-0.4, -0.2) is 72.0 Å². The van der Waals surface area contributed by atoms with E-state index in [2.05, 4.69) is 19.9 Å². The van der Waals surface area contributed by atoms with E-state index in [9.17, 15) is 8.42 Å². The molecule has 0 aromatic rings. The van der Waals surface area contributed by atoms with Gasteiger partial charge in [0.1, 0.15) is 0 Å². The molecule has 0 aromatic carbocycles. The molecule has 126 valence electrons. The van der Waals surface area contributed by atoms with Crippen molar-refractivity contribution in [3.05, 3.63) is 0 Å². The Balaban J connectivity index is 0.00000400. The molecule has 0 amide bonds. The lowest BCUT2D eigenvalue weighted by Crippen LogP contribution is -2.40. The van der Waals surface area contributed by atoms with E-state index in [4.69, 9.17) is 4.74 Å². The van der Waals surface area contributed by atoms with Crippen molar-refractivity contribution in [1.82, 2.24) is 14.9 Å². The van der Waals surface area contributed by atoms with Crippen molar-refractivity contribution >= 4 is 40.0 Å². The van der Waals surface area contributed by atoms with Gasteiger partial charge in [0.05, 0.1) is 19.4 Å². The van der Waals surface area contributed by atoms with Crippen molar-refractivity contribution in [1.29, 1.82) is 0 Å². The first-order valence-electron chi connectivity index (χ1n) is 6.93. The highest BCUT2D eigenvalue weighted by Gasteiger charge is 2.24. The Kier molecular flexibility index (Phi) is 10.5. The molecule has 1 rings (SSSR count). The molecular weight excluding hydrogens is 407 g/mol. The highest BCUT2D eigenvalue weighted by molar-refractivity contribution is 14.0. The molecular formula is C12H27IN4O3S. The van der Waals surface area contributed by atoms with Gasteiger partial charge >= 0.3 is 0 Å². The quantitative estimate of drug-likeness (QED) is 0.257. The molecule has 7 nitrogen and oxygen atoms in total. The first-order valence-corrected chi connectivity index (χ1v) is 8.82. The summed E-state index contributed by atoms with van der Waals surface area (Å²) in [5.41, 5.74) is 0. The van der Waals surface area contributed by atoms with Crippen LogP contribution in [0.4, 0.5) is 0 Å². The fourth-order valence-electron chi connectivity index (χ4n) is 2.22. The van der Waals surface area contributed by atoms with Gasteiger partial charge in [-0.05, 0) is 13.3 Å². The summed E-state index contributed by atoms with van der Waals surface area (Å²) in [7, 11) is -1.42. The average Bonchev–Trinajstić information content (AvgIpc) is 2.81. The van der Waals surface area contributed by atoms with Crippen LogP contribution in [0, 0.1) is 5.92 Å². The standard InChI is InChI=1S/C12H26N4O3S.HI/c1-4-13-12(14-6-7-15-20(3,17)18)16-8-5-11(9-16)10-19-2;/h11,15H,4-10H2,1-3H3,(H,13,14);1H. The first-order chi connectivity index (χ1) is 9.46. The van der Waals surface area contributed by atoms with E-state index in [-0.39, 0.29) is 24.0 Å². The lowest BCUT2D eigenvalue weighted by Gasteiger charge is -2.21. The summed E-state index contributed by atoms with van der Waals surface area (Å²) in [6, 6.07) is 0. The van der Waals surface area contributed by atoms with Crippen LogP contribution in [0.5, 0.6) is 0 Å². The highest BCUT2D eigenvalue weighted by Crippen LogP contribution is 2.16. The smallest absolute Gasteiger partial charge is 0.208 e. The number of halogens is 1. The van der Waals surface area contributed by atoms with Crippen molar-refractivity contribution < 1.29 is 13.2 Å². The Morgan fingerprint density at radius 1 is 1.48 bits per heavy atom. The molecule has 0 spiro atoms. The van der Waals surface area contributed by atoms with Gasteiger partial charge in [-0.25, -0.2) is 13.1 Å². The Morgan fingerprint density at radius 2 is 2.19 bits per heavy atom. The van der Waals surface area contributed by atoms with Gasteiger partial charge in [0.25, 0.3) is 0 Å². The predicted octanol–water partition coefficient (Wildman–Crippen LogP) is 0.0874. The van der Waals surface area contributed by atoms with Crippen LogP contribution >= 0.6 is 24.0 Å². The van der Waals surface area contributed by atoms with Crippen molar-refractivity contribution in [3.63, 3.8) is 0 Å². The van der Waals surface area contributed by atoms with Gasteiger partial charge in [0, 0.05) is 39.2 Å². The van der Waals surface area contributed by atoms with Crippen molar-refractivity contribution in [3.8, 4) is 0 Å². The number of aliphatic imine (C=N–C) groups is 1. The number of nitrogens with zero attached hydrogens (tertiary/aromatic N) is 2. The molecule has 1 atom stereocenters. The molecule has 21 heavy (non-hydrogen) atoms. The fourth-order valence-corrected chi connectivity index (χ4v) is 2.68. The second kappa shape index (κ2) is 10.6. The maximum absolute atomic E-state index is 11.0. The average molecular weight is 434 g/mol. The van der Waals surface area contributed by atoms with Crippen LogP contribution in [0.2, 0.25) is 0 Å². The summed E-state index contributed by atoms with van der Waals surface area (Å²) in [6.07, 6.45) is 2.25. The summed E-state index contributed by atoms with van der Waals surface area (Å²) in [4.78, 5) is 6.66. The molecule has 1 aliphatic rings. The molecule has 1 fully saturated rings. The monoisotopic (exact) mass is 434 g/mol. The van der Waals surface area contributed by atoms with Gasteiger partial charge in [-0.1, -0.05) is 0 Å². The molecule has 1 unspecified atom stereocenters. The van der Waals surface area contributed by atoms with Gasteiger partial charge in [-0.2, -0.15) is 0 Å². The summed E-state index contributed by atoms with van der Waals surface area (Å²) >= 11 is 0. The Morgan fingerprint density at radius 3 is 2.76 bits per heavy atom. The van der Waals surface area contributed by atoms with Crippen molar-refractivity contribution in [2.24, 2.45) is 10.9 Å². The third kappa shape index (κ3) is 8.79. The SMILES string of the molecule is CCNC(=NCCNS(C)(=O)=O)N1CCC(COC)C1.I. The maximum atomic E-state index is 11.0. The van der Waals surface area contributed by atoms with Crippen LogP contribution in [-0.2, 0) is 14.8 Å². The molecule has 1 saturated heterocycles. The summed E-state index contributed by atoms with van der Waals surface area (Å²) in [5, 5.41) is 3.24. The second-order valence-electron chi connectivity index (χ2n) is 4.96. The minimum Gasteiger partial charge on any atom is -0.384 e. The van der Waals surface area contributed by atoms with E-state index >= 15 is 0 Å². The number of sulfonamides is 1. The lowest BCUT2D eigenvalue weighted by molar-refractivity contribution is 0.157. The van der Waals surface area contributed by atoms with E-state index in [1.54, 1.807) is 7.11 Å². The van der Waals surface area contributed by atoms with Crippen molar-refractivity contribution in [2.75, 3.05) is 52.7 Å². The number of rotatable bonds is 7. The number of ether oxygens (including phenoxy) is 1. The largest absolute Gasteiger partial charge is 0.384 e. The van der Waals surface area contributed by atoms with E-state index in [0.29, 0.717) is 19.0 Å². The van der Waals surface area contributed by atoms with E-state index in [1.807, 2.05) is 6.92 Å². The summed E-state index contributed by atoms with van der Waals surface area (Å²) in [5.74, 6) is 1.39. The molecule has 1 heterocycles. The minimum absolute atomic E-state index is 0. The first kappa shape index (κ1) is 20.9. The van der Waals surface area contributed by atoms with Gasteiger partial charge in [-0.3, -0.25) is 4.99 Å². The van der Waals surface area contributed by atoms with Gasteiger partial charge in [-0.15, -0.1) is 24.0 Å². The third-order valence-electron chi connectivity index (χ3n) is 3.06. The molecule has 0 saturated carbocycles. The number of hydrogen-bond donors (Lipinski definition) is 2. The Bertz CT molecular complexity index is 417. The molecule has 1 aliphatic heterocycles. The van der Waals surface area contributed by atoms with Crippen LogP contribution in [0.3, 0.4) is 0 Å². The minimum atomic E-state index is -3.14. The lowest BCUT2D eigenvalue weighted by atomic mass is 10.1. The summed E-state index contributed by atoms with van der Waals surface area (Å²) < 4.78 is 29.6. The zero-order valence-electron chi connectivity index (χ0n) is 13.0. The second-order valence-corrected chi connectivity index (χ2v) is 6.79. The van der Waals surface area contributed by atoms with Crippen LogP contribution < -0.4 is 10.0 Å². The number of methoxy groups -OCH3 is 1. The number of likely N-dealkylation sites (tertiary alicyclic amines) is 1. The molecule has 9 heteroatoms. The molecule has 0 bridgehead atoms. The molecule has 2 N–H and O–H groups in total. The number of hydrogen-bond acceptors (Lipinski definition) is 4. The van der Waals surface area contributed by atoms with Crippen molar-refractivity contribution in [2.45, 2.75) is 13.3 Å². The van der Waals surface area contributed by atoms with Gasteiger partial charge < -0.3 is 15.0 Å². The number of nitrogens with one attached hydrogen (secondary N) is 2.